The highest BCUT2D eigenvalue weighted by Gasteiger charge is 2.04. The predicted octanol–water partition coefficient (Wildman–Crippen LogP) is 2.20. The van der Waals surface area contributed by atoms with Gasteiger partial charge in [0, 0.05) is 30.6 Å². The van der Waals surface area contributed by atoms with Gasteiger partial charge in [0.1, 0.15) is 5.82 Å². The van der Waals surface area contributed by atoms with E-state index in [1.54, 1.807) is 17.5 Å². The lowest BCUT2D eigenvalue weighted by Gasteiger charge is -1.92. The van der Waals surface area contributed by atoms with Gasteiger partial charge in [-0.25, -0.2) is 15.0 Å². The summed E-state index contributed by atoms with van der Waals surface area (Å²) in [5.41, 5.74) is 1.79. The molecule has 4 nitrogen and oxygen atoms in total. The van der Waals surface area contributed by atoms with Gasteiger partial charge >= 0.3 is 0 Å². The smallest absolute Gasteiger partial charge is 0.177 e. The molecule has 0 amide bonds. The molecule has 0 saturated carbocycles. The van der Waals surface area contributed by atoms with Crippen molar-refractivity contribution in [3.05, 3.63) is 40.7 Å². The van der Waals surface area contributed by atoms with Gasteiger partial charge in [-0.05, 0) is 12.1 Å². The van der Waals surface area contributed by atoms with Gasteiger partial charge in [-0.1, -0.05) is 0 Å². The highest BCUT2D eigenvalue weighted by Crippen LogP contribution is 2.11. The molecule has 0 aromatic carbocycles. The van der Waals surface area contributed by atoms with Gasteiger partial charge in [-0.15, -0.1) is 11.3 Å². The predicted molar refractivity (Wildman–Crippen MR) is 63.4 cm³/mol. The molecule has 3 aromatic rings. The van der Waals surface area contributed by atoms with E-state index >= 15 is 0 Å². The normalized spacial score (nSPS) is 11.0. The van der Waals surface area contributed by atoms with E-state index < -0.39 is 0 Å². The Bertz CT molecular complexity index is 552. The van der Waals surface area contributed by atoms with Crippen LogP contribution in [0.3, 0.4) is 0 Å². The molecule has 0 unspecified atom stereocenters. The van der Waals surface area contributed by atoms with E-state index in [2.05, 4.69) is 19.9 Å². The molecule has 3 aromatic heterocycles. The van der Waals surface area contributed by atoms with Gasteiger partial charge in [-0.2, -0.15) is 0 Å². The summed E-state index contributed by atoms with van der Waals surface area (Å²) in [5.74, 6) is 0.976. The maximum Gasteiger partial charge on any atom is 0.177 e. The summed E-state index contributed by atoms with van der Waals surface area (Å²) in [5, 5.41) is 3.14. The average Bonchev–Trinajstić information content (AvgIpc) is 2.95. The fourth-order valence-corrected chi connectivity index (χ4v) is 2.24. The van der Waals surface area contributed by atoms with Crippen molar-refractivity contribution in [1.82, 2.24) is 19.9 Å². The number of aromatic nitrogens is 4. The molecule has 0 aliphatic carbocycles. The zero-order chi connectivity index (χ0) is 10.8. The van der Waals surface area contributed by atoms with Crippen LogP contribution in [0.25, 0.3) is 11.2 Å². The molecule has 16 heavy (non-hydrogen) atoms. The first-order valence-electron chi connectivity index (χ1n) is 5.10. The van der Waals surface area contributed by atoms with Crippen molar-refractivity contribution < 1.29 is 0 Å². The van der Waals surface area contributed by atoms with Crippen LogP contribution in [0.4, 0.5) is 0 Å². The van der Waals surface area contributed by atoms with Crippen molar-refractivity contribution >= 4 is 22.5 Å². The van der Waals surface area contributed by atoms with Crippen molar-refractivity contribution in [2.75, 3.05) is 0 Å². The zero-order valence-electron chi connectivity index (χ0n) is 8.55. The molecule has 0 atom stereocenters. The number of imidazole rings is 1. The fourth-order valence-electron chi connectivity index (χ4n) is 1.62. The Morgan fingerprint density at radius 1 is 1.19 bits per heavy atom. The molecule has 0 aliphatic rings. The number of aromatic amines is 1. The largest absolute Gasteiger partial charge is 0.341 e. The van der Waals surface area contributed by atoms with E-state index in [0.717, 1.165) is 34.8 Å². The number of hydrogen-bond donors (Lipinski definition) is 1. The van der Waals surface area contributed by atoms with Gasteiger partial charge in [0.05, 0.1) is 10.5 Å². The molecule has 0 radical (unpaired) electrons. The Kier molecular flexibility index (Phi) is 2.38. The van der Waals surface area contributed by atoms with Crippen molar-refractivity contribution in [3.63, 3.8) is 0 Å². The monoisotopic (exact) mass is 230 g/mol. The fraction of sp³-hybridized carbons (Fsp3) is 0.182. The van der Waals surface area contributed by atoms with E-state index in [1.165, 1.54) is 0 Å². The average molecular weight is 230 g/mol. The topological polar surface area (TPSA) is 54.5 Å². The quantitative estimate of drug-likeness (QED) is 0.750. The molecule has 0 spiro atoms. The minimum atomic E-state index is 0.789. The van der Waals surface area contributed by atoms with E-state index in [4.69, 9.17) is 0 Å². The Morgan fingerprint density at radius 3 is 3.00 bits per heavy atom. The first-order valence-corrected chi connectivity index (χ1v) is 5.98. The number of thiazole rings is 1. The van der Waals surface area contributed by atoms with Crippen LogP contribution in [-0.2, 0) is 12.8 Å². The molecule has 3 heterocycles. The van der Waals surface area contributed by atoms with Crippen LogP contribution in [0.15, 0.2) is 29.9 Å². The van der Waals surface area contributed by atoms with Crippen LogP contribution in [0.2, 0.25) is 0 Å². The molecule has 0 saturated heterocycles. The Hall–Kier alpha value is -1.75. The summed E-state index contributed by atoms with van der Waals surface area (Å²) in [6.45, 7) is 0. The van der Waals surface area contributed by atoms with Crippen molar-refractivity contribution in [3.8, 4) is 0 Å². The molecule has 80 valence electrons. The van der Waals surface area contributed by atoms with E-state index in [0.29, 0.717) is 0 Å². The molecule has 0 fully saturated rings. The molecule has 0 bridgehead atoms. The minimum Gasteiger partial charge on any atom is -0.341 e. The highest BCUT2D eigenvalue weighted by molar-refractivity contribution is 7.09. The SMILES string of the molecule is c1cnc2nc(CCc3nccs3)[nH]c2c1. The summed E-state index contributed by atoms with van der Waals surface area (Å²) in [4.78, 5) is 16.1. The highest BCUT2D eigenvalue weighted by atomic mass is 32.1. The maximum absolute atomic E-state index is 4.42. The molecule has 5 heteroatoms. The number of pyridine rings is 1. The zero-order valence-corrected chi connectivity index (χ0v) is 9.37. The number of hydrogen-bond acceptors (Lipinski definition) is 4. The van der Waals surface area contributed by atoms with E-state index in [1.807, 2.05) is 23.7 Å². The first-order chi connectivity index (χ1) is 7.92. The lowest BCUT2D eigenvalue weighted by atomic mass is 10.3. The molecular weight excluding hydrogens is 220 g/mol. The summed E-state index contributed by atoms with van der Waals surface area (Å²) in [6.07, 6.45) is 5.40. The molecular formula is C11H10N4S. The Morgan fingerprint density at radius 2 is 2.19 bits per heavy atom. The van der Waals surface area contributed by atoms with Crippen LogP contribution in [0, 0.1) is 0 Å². The van der Waals surface area contributed by atoms with E-state index in [-0.39, 0.29) is 0 Å². The third-order valence-corrected chi connectivity index (χ3v) is 3.21. The first kappa shape index (κ1) is 9.47. The van der Waals surface area contributed by atoms with Crippen LogP contribution >= 0.6 is 11.3 Å². The number of aryl methyl sites for hydroxylation is 2. The van der Waals surface area contributed by atoms with Crippen LogP contribution < -0.4 is 0 Å². The number of rotatable bonds is 3. The van der Waals surface area contributed by atoms with Gasteiger partial charge in [0.25, 0.3) is 0 Å². The van der Waals surface area contributed by atoms with E-state index in [9.17, 15) is 0 Å². The second kappa shape index (κ2) is 4.02. The van der Waals surface area contributed by atoms with Crippen molar-refractivity contribution in [1.29, 1.82) is 0 Å². The summed E-state index contributed by atoms with van der Waals surface area (Å²) < 4.78 is 0. The van der Waals surface area contributed by atoms with Crippen LogP contribution in [0.1, 0.15) is 10.8 Å². The lowest BCUT2D eigenvalue weighted by molar-refractivity contribution is 0.880. The third-order valence-electron chi connectivity index (χ3n) is 2.37. The van der Waals surface area contributed by atoms with Crippen molar-refractivity contribution in [2.24, 2.45) is 0 Å². The number of nitrogens with zero attached hydrogens (tertiary/aromatic N) is 3. The second-order valence-corrected chi connectivity index (χ2v) is 4.46. The molecule has 1 N–H and O–H groups in total. The Labute approximate surface area is 96.4 Å². The molecule has 0 aliphatic heterocycles. The number of fused-ring (bicyclic) bond motifs is 1. The lowest BCUT2D eigenvalue weighted by Crippen LogP contribution is -1.92. The summed E-state index contributed by atoms with van der Waals surface area (Å²) >= 11 is 1.68. The maximum atomic E-state index is 4.42. The standard InChI is InChI=1S/C11H10N4S/c1-2-8-11(13-5-1)15-9(14-8)3-4-10-12-6-7-16-10/h1-2,5-7H,3-4H2,(H,13,14,15). The summed E-state index contributed by atoms with van der Waals surface area (Å²) in [7, 11) is 0. The second-order valence-electron chi connectivity index (χ2n) is 3.48. The number of nitrogens with one attached hydrogen (secondary N) is 1. The van der Waals surface area contributed by atoms with Gasteiger partial charge in [0.2, 0.25) is 0 Å². The Balaban J connectivity index is 1.79. The van der Waals surface area contributed by atoms with Crippen molar-refractivity contribution in [2.45, 2.75) is 12.8 Å². The minimum absolute atomic E-state index is 0.789. The van der Waals surface area contributed by atoms with Gasteiger partial charge < -0.3 is 4.98 Å². The third kappa shape index (κ3) is 1.81. The number of H-pyrrole nitrogens is 1. The van der Waals surface area contributed by atoms with Gasteiger partial charge in [-0.3, -0.25) is 0 Å². The van der Waals surface area contributed by atoms with Crippen LogP contribution in [-0.4, -0.2) is 19.9 Å². The van der Waals surface area contributed by atoms with Crippen LogP contribution in [0.5, 0.6) is 0 Å². The summed E-state index contributed by atoms with van der Waals surface area (Å²) in [6, 6.07) is 3.90. The van der Waals surface area contributed by atoms with Gasteiger partial charge in [0.15, 0.2) is 5.65 Å². The molecule has 3 rings (SSSR count).